The van der Waals surface area contributed by atoms with E-state index in [0.29, 0.717) is 6.04 Å². The third-order valence-electron chi connectivity index (χ3n) is 1.98. The topological polar surface area (TPSA) is 42.2 Å². The van der Waals surface area contributed by atoms with Crippen molar-refractivity contribution in [3.63, 3.8) is 0 Å². The maximum Gasteiger partial charge on any atom is 0.156 e. The van der Waals surface area contributed by atoms with E-state index in [1.165, 1.54) is 0 Å². The molecule has 0 aromatic carbocycles. The SMILES string of the molecule is CC1CSC(=NCCn2cccn2)N1. The summed E-state index contributed by atoms with van der Waals surface area (Å²) in [4.78, 5) is 4.46. The van der Waals surface area contributed by atoms with Gasteiger partial charge in [0.15, 0.2) is 5.17 Å². The summed E-state index contributed by atoms with van der Waals surface area (Å²) in [7, 11) is 0. The Kier molecular flexibility index (Phi) is 3.08. The molecule has 1 aliphatic heterocycles. The van der Waals surface area contributed by atoms with E-state index in [4.69, 9.17) is 0 Å². The highest BCUT2D eigenvalue weighted by molar-refractivity contribution is 8.14. The molecule has 14 heavy (non-hydrogen) atoms. The minimum Gasteiger partial charge on any atom is -0.362 e. The predicted octanol–water partition coefficient (Wildman–Crippen LogP) is 0.964. The molecule has 0 radical (unpaired) electrons. The average Bonchev–Trinajstić information content (AvgIpc) is 2.77. The smallest absolute Gasteiger partial charge is 0.156 e. The molecule has 1 fully saturated rings. The van der Waals surface area contributed by atoms with Gasteiger partial charge in [0.05, 0.1) is 13.1 Å². The van der Waals surface area contributed by atoms with E-state index in [0.717, 1.165) is 24.0 Å². The number of amidine groups is 1. The second-order valence-corrected chi connectivity index (χ2v) is 4.32. The molecule has 1 aromatic rings. The molecule has 1 saturated heterocycles. The maximum absolute atomic E-state index is 4.46. The Bertz CT molecular complexity index is 307. The van der Waals surface area contributed by atoms with Crippen LogP contribution in [0.1, 0.15) is 6.92 Å². The molecule has 0 aliphatic carbocycles. The zero-order chi connectivity index (χ0) is 9.80. The molecule has 76 valence electrons. The second kappa shape index (κ2) is 4.50. The van der Waals surface area contributed by atoms with Gasteiger partial charge in [-0.25, -0.2) is 0 Å². The summed E-state index contributed by atoms with van der Waals surface area (Å²) in [6, 6.07) is 2.49. The fraction of sp³-hybridized carbons (Fsp3) is 0.556. The number of hydrogen-bond donors (Lipinski definition) is 1. The molecular weight excluding hydrogens is 196 g/mol. The predicted molar refractivity (Wildman–Crippen MR) is 59.6 cm³/mol. The average molecular weight is 210 g/mol. The van der Waals surface area contributed by atoms with Gasteiger partial charge in [-0.05, 0) is 13.0 Å². The van der Waals surface area contributed by atoms with Crippen molar-refractivity contribution >= 4 is 16.9 Å². The summed E-state index contributed by atoms with van der Waals surface area (Å²) >= 11 is 1.80. The molecule has 0 amide bonds. The van der Waals surface area contributed by atoms with E-state index >= 15 is 0 Å². The number of rotatable bonds is 3. The summed E-state index contributed by atoms with van der Waals surface area (Å²) in [5.41, 5.74) is 0. The Morgan fingerprint density at radius 2 is 2.71 bits per heavy atom. The minimum atomic E-state index is 0.559. The van der Waals surface area contributed by atoms with Crippen molar-refractivity contribution in [3.8, 4) is 0 Å². The lowest BCUT2D eigenvalue weighted by Crippen LogP contribution is -2.23. The van der Waals surface area contributed by atoms with Crippen molar-refractivity contribution in [2.75, 3.05) is 12.3 Å². The number of nitrogens with one attached hydrogen (secondary N) is 1. The Hall–Kier alpha value is -0.970. The standard InChI is InChI=1S/C9H14N4S/c1-8-7-14-9(12-8)10-4-6-13-5-2-3-11-13/h2-3,5,8H,4,6-7H2,1H3,(H,10,12). The van der Waals surface area contributed by atoms with Crippen LogP contribution < -0.4 is 5.32 Å². The van der Waals surface area contributed by atoms with Crippen LogP contribution in [0.3, 0.4) is 0 Å². The van der Waals surface area contributed by atoms with Gasteiger partial charge in [0.1, 0.15) is 0 Å². The fourth-order valence-corrected chi connectivity index (χ4v) is 2.23. The van der Waals surface area contributed by atoms with Crippen LogP contribution in [0.5, 0.6) is 0 Å². The Balaban J connectivity index is 1.77. The van der Waals surface area contributed by atoms with Crippen LogP contribution in [0.4, 0.5) is 0 Å². The molecule has 2 rings (SSSR count). The van der Waals surface area contributed by atoms with Crippen molar-refractivity contribution in [3.05, 3.63) is 18.5 Å². The highest BCUT2D eigenvalue weighted by atomic mass is 32.2. The Labute approximate surface area is 87.8 Å². The van der Waals surface area contributed by atoms with E-state index in [9.17, 15) is 0 Å². The van der Waals surface area contributed by atoms with Gasteiger partial charge in [-0.2, -0.15) is 5.10 Å². The van der Waals surface area contributed by atoms with E-state index in [2.05, 4.69) is 22.3 Å². The van der Waals surface area contributed by atoms with Crippen molar-refractivity contribution in [2.24, 2.45) is 4.99 Å². The first-order valence-electron chi connectivity index (χ1n) is 4.76. The molecule has 1 aliphatic rings. The number of aromatic nitrogens is 2. The molecule has 0 spiro atoms. The quantitative estimate of drug-likeness (QED) is 0.808. The van der Waals surface area contributed by atoms with Gasteiger partial charge in [-0.1, -0.05) is 11.8 Å². The lowest BCUT2D eigenvalue weighted by atomic mass is 10.4. The first-order valence-corrected chi connectivity index (χ1v) is 5.74. The first-order chi connectivity index (χ1) is 6.84. The van der Waals surface area contributed by atoms with Gasteiger partial charge in [0, 0.05) is 24.2 Å². The molecule has 4 nitrogen and oxygen atoms in total. The molecule has 1 aromatic heterocycles. The van der Waals surface area contributed by atoms with Gasteiger partial charge < -0.3 is 5.32 Å². The van der Waals surface area contributed by atoms with Crippen molar-refractivity contribution in [1.82, 2.24) is 15.1 Å². The second-order valence-electron chi connectivity index (χ2n) is 3.31. The summed E-state index contributed by atoms with van der Waals surface area (Å²) < 4.78 is 1.90. The Morgan fingerprint density at radius 1 is 1.79 bits per heavy atom. The number of nitrogens with zero attached hydrogens (tertiary/aromatic N) is 3. The van der Waals surface area contributed by atoms with Crippen LogP contribution >= 0.6 is 11.8 Å². The van der Waals surface area contributed by atoms with Crippen LogP contribution in [0.15, 0.2) is 23.5 Å². The Morgan fingerprint density at radius 3 is 3.36 bits per heavy atom. The monoisotopic (exact) mass is 210 g/mol. The van der Waals surface area contributed by atoms with E-state index < -0.39 is 0 Å². The molecular formula is C9H14N4S. The van der Waals surface area contributed by atoms with E-state index in [1.54, 1.807) is 18.0 Å². The lowest BCUT2D eigenvalue weighted by molar-refractivity contribution is 0.624. The van der Waals surface area contributed by atoms with Gasteiger partial charge >= 0.3 is 0 Å². The van der Waals surface area contributed by atoms with Crippen molar-refractivity contribution in [1.29, 1.82) is 0 Å². The summed E-state index contributed by atoms with van der Waals surface area (Å²) in [6.45, 7) is 3.82. The molecule has 5 heteroatoms. The normalized spacial score (nSPS) is 24.1. The van der Waals surface area contributed by atoms with Gasteiger partial charge in [0.25, 0.3) is 0 Å². The molecule has 1 atom stereocenters. The van der Waals surface area contributed by atoms with E-state index in [-0.39, 0.29) is 0 Å². The van der Waals surface area contributed by atoms with Gasteiger partial charge in [-0.3, -0.25) is 9.67 Å². The highest BCUT2D eigenvalue weighted by Gasteiger charge is 2.14. The number of thioether (sulfide) groups is 1. The molecule has 1 N–H and O–H groups in total. The fourth-order valence-electron chi connectivity index (χ4n) is 1.28. The zero-order valence-corrected chi connectivity index (χ0v) is 9.00. The van der Waals surface area contributed by atoms with E-state index in [1.807, 2.05) is 16.9 Å². The summed E-state index contributed by atoms with van der Waals surface area (Å²) in [5, 5.41) is 8.51. The lowest BCUT2D eigenvalue weighted by Gasteiger charge is -2.01. The number of hydrogen-bond acceptors (Lipinski definition) is 3. The van der Waals surface area contributed by atoms with Crippen LogP contribution in [-0.2, 0) is 6.54 Å². The first kappa shape index (κ1) is 9.58. The third kappa shape index (κ3) is 2.51. The summed E-state index contributed by atoms with van der Waals surface area (Å²) in [6.07, 6.45) is 3.75. The van der Waals surface area contributed by atoms with Gasteiger partial charge in [-0.15, -0.1) is 0 Å². The third-order valence-corrected chi connectivity index (χ3v) is 3.17. The number of aliphatic imine (C=N–C) groups is 1. The maximum atomic E-state index is 4.46. The van der Waals surface area contributed by atoms with Crippen LogP contribution in [0.2, 0.25) is 0 Å². The zero-order valence-electron chi connectivity index (χ0n) is 8.18. The minimum absolute atomic E-state index is 0.559. The molecule has 0 bridgehead atoms. The van der Waals surface area contributed by atoms with Gasteiger partial charge in [0.2, 0.25) is 0 Å². The van der Waals surface area contributed by atoms with Crippen molar-refractivity contribution < 1.29 is 0 Å². The molecule has 0 saturated carbocycles. The largest absolute Gasteiger partial charge is 0.362 e. The highest BCUT2D eigenvalue weighted by Crippen LogP contribution is 2.12. The summed E-state index contributed by atoms with van der Waals surface area (Å²) in [5.74, 6) is 1.13. The molecule has 2 heterocycles. The van der Waals surface area contributed by atoms with Crippen LogP contribution in [0.25, 0.3) is 0 Å². The van der Waals surface area contributed by atoms with Crippen molar-refractivity contribution in [2.45, 2.75) is 19.5 Å². The molecule has 1 unspecified atom stereocenters. The van der Waals surface area contributed by atoms with Crippen LogP contribution in [0, 0.1) is 0 Å². The van der Waals surface area contributed by atoms with Crippen LogP contribution in [-0.4, -0.2) is 33.3 Å².